The third-order valence-electron chi connectivity index (χ3n) is 3.42. The van der Waals surface area contributed by atoms with Crippen LogP contribution in [0.3, 0.4) is 0 Å². The normalized spacial score (nSPS) is 12.7. The highest BCUT2D eigenvalue weighted by Crippen LogP contribution is 2.30. The van der Waals surface area contributed by atoms with Crippen molar-refractivity contribution in [1.82, 2.24) is 4.72 Å². The Morgan fingerprint density at radius 2 is 1.67 bits per heavy atom. The molecule has 2 rings (SSSR count). The maximum atomic E-state index is 13.8. The maximum absolute atomic E-state index is 13.8. The lowest BCUT2D eigenvalue weighted by atomic mass is 10.1. The summed E-state index contributed by atoms with van der Waals surface area (Å²) in [6, 6.07) is 6.91. The van der Waals surface area contributed by atoms with Gasteiger partial charge in [0.1, 0.15) is 23.1 Å². The first-order chi connectivity index (χ1) is 11.3. The second-order valence-corrected chi connectivity index (χ2v) is 6.65. The van der Waals surface area contributed by atoms with E-state index in [9.17, 15) is 17.2 Å². The zero-order valence-electron chi connectivity index (χ0n) is 13.3. The van der Waals surface area contributed by atoms with Crippen LogP contribution < -0.4 is 14.2 Å². The summed E-state index contributed by atoms with van der Waals surface area (Å²) in [6.07, 6.45) is 0. The summed E-state index contributed by atoms with van der Waals surface area (Å²) in [6.45, 7) is 1.54. The molecule has 8 heteroatoms. The summed E-state index contributed by atoms with van der Waals surface area (Å²) in [7, 11) is -1.51. The van der Waals surface area contributed by atoms with Gasteiger partial charge in [-0.1, -0.05) is 6.07 Å². The Morgan fingerprint density at radius 1 is 1.04 bits per heavy atom. The van der Waals surface area contributed by atoms with E-state index >= 15 is 0 Å². The van der Waals surface area contributed by atoms with Gasteiger partial charge in [0, 0.05) is 11.6 Å². The number of halogens is 2. The number of sulfonamides is 1. The van der Waals surface area contributed by atoms with Crippen molar-refractivity contribution >= 4 is 10.0 Å². The Hall–Kier alpha value is -2.19. The van der Waals surface area contributed by atoms with Crippen LogP contribution in [0, 0.1) is 11.6 Å². The van der Waals surface area contributed by atoms with Gasteiger partial charge in [0.05, 0.1) is 14.2 Å². The van der Waals surface area contributed by atoms with Crippen molar-refractivity contribution in [1.29, 1.82) is 0 Å². The van der Waals surface area contributed by atoms with Gasteiger partial charge in [-0.05, 0) is 37.3 Å². The van der Waals surface area contributed by atoms with E-state index in [1.54, 1.807) is 18.2 Å². The molecule has 1 N–H and O–H groups in total. The van der Waals surface area contributed by atoms with Crippen molar-refractivity contribution < 1.29 is 26.7 Å². The first-order valence-electron chi connectivity index (χ1n) is 6.98. The molecule has 0 aromatic heterocycles. The molecule has 0 saturated carbocycles. The van der Waals surface area contributed by atoms with Crippen LogP contribution in [-0.4, -0.2) is 22.6 Å². The van der Waals surface area contributed by atoms with E-state index in [0.29, 0.717) is 17.1 Å². The minimum Gasteiger partial charge on any atom is -0.497 e. The van der Waals surface area contributed by atoms with Crippen molar-refractivity contribution in [2.24, 2.45) is 0 Å². The fourth-order valence-corrected chi connectivity index (χ4v) is 3.63. The lowest BCUT2D eigenvalue weighted by molar-refractivity contribution is 0.394. The number of methoxy groups -OCH3 is 2. The average molecular weight is 357 g/mol. The summed E-state index contributed by atoms with van der Waals surface area (Å²) in [5.74, 6) is -1.41. The third-order valence-corrected chi connectivity index (χ3v) is 5.01. The Bertz CT molecular complexity index is 820. The minimum absolute atomic E-state index is 0.417. The van der Waals surface area contributed by atoms with Crippen LogP contribution in [0.4, 0.5) is 8.78 Å². The highest BCUT2D eigenvalue weighted by atomic mass is 32.2. The van der Waals surface area contributed by atoms with Crippen LogP contribution in [0.2, 0.25) is 0 Å². The second kappa shape index (κ2) is 7.14. The van der Waals surface area contributed by atoms with Gasteiger partial charge in [0.15, 0.2) is 4.90 Å². The lowest BCUT2D eigenvalue weighted by Gasteiger charge is -2.18. The molecule has 0 fully saturated rings. The van der Waals surface area contributed by atoms with E-state index in [4.69, 9.17) is 9.47 Å². The van der Waals surface area contributed by atoms with Gasteiger partial charge in [-0.2, -0.15) is 0 Å². The highest BCUT2D eigenvalue weighted by molar-refractivity contribution is 7.89. The van der Waals surface area contributed by atoms with Crippen molar-refractivity contribution in [3.8, 4) is 11.5 Å². The maximum Gasteiger partial charge on any atom is 0.246 e. The number of hydrogen-bond acceptors (Lipinski definition) is 4. The molecular formula is C16H17F2NO4S. The number of rotatable bonds is 6. The topological polar surface area (TPSA) is 64.6 Å². The molecule has 0 saturated heterocycles. The Kier molecular flexibility index (Phi) is 5.40. The summed E-state index contributed by atoms with van der Waals surface area (Å²) < 4.78 is 64.8. The number of nitrogens with one attached hydrogen (secondary N) is 1. The van der Waals surface area contributed by atoms with Gasteiger partial charge in [-0.3, -0.25) is 0 Å². The van der Waals surface area contributed by atoms with Crippen molar-refractivity contribution in [2.75, 3.05) is 14.2 Å². The molecule has 2 aromatic rings. The zero-order valence-corrected chi connectivity index (χ0v) is 14.2. The molecule has 2 aromatic carbocycles. The first kappa shape index (κ1) is 18.2. The van der Waals surface area contributed by atoms with E-state index in [0.717, 1.165) is 18.2 Å². The quantitative estimate of drug-likeness (QED) is 0.863. The Morgan fingerprint density at radius 3 is 2.21 bits per heavy atom. The SMILES string of the molecule is COc1ccc(OC)c(C(C)NS(=O)(=O)c2c(F)cccc2F)c1. The number of ether oxygens (including phenoxy) is 2. The van der Waals surface area contributed by atoms with Crippen LogP contribution in [0.15, 0.2) is 41.3 Å². The van der Waals surface area contributed by atoms with Crippen LogP contribution in [0.5, 0.6) is 11.5 Å². The van der Waals surface area contributed by atoms with E-state index in [2.05, 4.69) is 4.72 Å². The monoisotopic (exact) mass is 357 g/mol. The predicted octanol–water partition coefficient (Wildman–Crippen LogP) is 3.02. The van der Waals surface area contributed by atoms with Crippen LogP contribution in [0.25, 0.3) is 0 Å². The first-order valence-corrected chi connectivity index (χ1v) is 8.46. The number of benzene rings is 2. The molecule has 5 nitrogen and oxygen atoms in total. The largest absolute Gasteiger partial charge is 0.497 e. The molecule has 24 heavy (non-hydrogen) atoms. The predicted molar refractivity (Wildman–Crippen MR) is 84.6 cm³/mol. The van der Waals surface area contributed by atoms with E-state index in [1.165, 1.54) is 21.1 Å². The van der Waals surface area contributed by atoms with Crippen LogP contribution >= 0.6 is 0 Å². The number of hydrogen-bond donors (Lipinski definition) is 1. The fraction of sp³-hybridized carbons (Fsp3) is 0.250. The molecular weight excluding hydrogens is 340 g/mol. The minimum atomic E-state index is -4.41. The molecule has 0 aliphatic carbocycles. The van der Waals surface area contributed by atoms with Crippen molar-refractivity contribution in [2.45, 2.75) is 17.9 Å². The highest BCUT2D eigenvalue weighted by Gasteiger charge is 2.27. The summed E-state index contributed by atoms with van der Waals surface area (Å²) in [5, 5.41) is 0. The lowest BCUT2D eigenvalue weighted by Crippen LogP contribution is -2.28. The van der Waals surface area contributed by atoms with E-state index in [1.807, 2.05) is 0 Å². The van der Waals surface area contributed by atoms with Crippen LogP contribution in [0.1, 0.15) is 18.5 Å². The van der Waals surface area contributed by atoms with Crippen molar-refractivity contribution in [3.63, 3.8) is 0 Å². The average Bonchev–Trinajstić information content (AvgIpc) is 2.53. The Balaban J connectivity index is 2.40. The molecule has 0 spiro atoms. The summed E-state index contributed by atoms with van der Waals surface area (Å²) in [5.41, 5.74) is 0.470. The third kappa shape index (κ3) is 3.65. The molecule has 0 bridgehead atoms. The van der Waals surface area contributed by atoms with Gasteiger partial charge in [0.25, 0.3) is 0 Å². The van der Waals surface area contributed by atoms with E-state index < -0.39 is 32.6 Å². The smallest absolute Gasteiger partial charge is 0.246 e. The van der Waals surface area contributed by atoms with Gasteiger partial charge in [0.2, 0.25) is 10.0 Å². The van der Waals surface area contributed by atoms with Gasteiger partial charge < -0.3 is 9.47 Å². The molecule has 1 atom stereocenters. The van der Waals surface area contributed by atoms with Gasteiger partial charge in [-0.15, -0.1) is 0 Å². The van der Waals surface area contributed by atoms with E-state index in [-0.39, 0.29) is 0 Å². The molecule has 0 amide bonds. The molecule has 0 heterocycles. The Labute approximate surface area is 139 Å². The molecule has 1 unspecified atom stereocenters. The van der Waals surface area contributed by atoms with Crippen LogP contribution in [-0.2, 0) is 10.0 Å². The second-order valence-electron chi connectivity index (χ2n) is 5.00. The summed E-state index contributed by atoms with van der Waals surface area (Å²) in [4.78, 5) is -1.02. The summed E-state index contributed by atoms with van der Waals surface area (Å²) >= 11 is 0. The standard InChI is InChI=1S/C16H17F2NO4S/c1-10(12-9-11(22-2)7-8-15(12)23-3)19-24(20,21)16-13(17)5-4-6-14(16)18/h4-10,19H,1-3H3. The fourth-order valence-electron chi connectivity index (χ4n) is 2.27. The van der Waals surface area contributed by atoms with Crippen molar-refractivity contribution in [3.05, 3.63) is 53.6 Å². The molecule has 130 valence electrons. The zero-order chi connectivity index (χ0) is 17.9. The van der Waals surface area contributed by atoms with Gasteiger partial charge >= 0.3 is 0 Å². The van der Waals surface area contributed by atoms with Gasteiger partial charge in [-0.25, -0.2) is 21.9 Å². The molecule has 0 radical (unpaired) electrons. The molecule has 0 aliphatic heterocycles. The molecule has 0 aliphatic rings.